The first kappa shape index (κ1) is 13.5. The standard InChI is InChI=1S/C15H17N5O2/c21-14(10-3-12-7-22-8-13(4-10)19-12)11-5-17-15(18-6-11)20-2-1-16-9-20/h1-2,5-6,9-10,12-13,19H,3-4,7-8H2. The molecule has 0 aliphatic carbocycles. The molecular formula is C15H17N5O2. The second-order valence-corrected chi connectivity index (χ2v) is 5.87. The second kappa shape index (κ2) is 5.58. The number of morpholine rings is 1. The van der Waals surface area contributed by atoms with Crippen LogP contribution >= 0.6 is 0 Å². The highest BCUT2D eigenvalue weighted by molar-refractivity contribution is 5.97. The second-order valence-electron chi connectivity index (χ2n) is 5.87. The minimum Gasteiger partial charge on any atom is -0.378 e. The summed E-state index contributed by atoms with van der Waals surface area (Å²) >= 11 is 0. The van der Waals surface area contributed by atoms with Crippen LogP contribution in [0.1, 0.15) is 23.2 Å². The third-order valence-corrected chi connectivity index (χ3v) is 4.28. The Hall–Kier alpha value is -2.12. The maximum atomic E-state index is 12.7. The highest BCUT2D eigenvalue weighted by atomic mass is 16.5. The van der Waals surface area contributed by atoms with Crippen LogP contribution in [0.3, 0.4) is 0 Å². The van der Waals surface area contributed by atoms with Gasteiger partial charge in [0.15, 0.2) is 5.78 Å². The van der Waals surface area contributed by atoms with Crippen molar-refractivity contribution in [3.8, 4) is 5.95 Å². The highest BCUT2D eigenvalue weighted by Crippen LogP contribution is 2.26. The molecule has 114 valence electrons. The molecule has 2 bridgehead atoms. The quantitative estimate of drug-likeness (QED) is 0.836. The van der Waals surface area contributed by atoms with Gasteiger partial charge in [-0.25, -0.2) is 15.0 Å². The van der Waals surface area contributed by atoms with Crippen LogP contribution in [-0.2, 0) is 4.74 Å². The normalized spacial score (nSPS) is 27.5. The summed E-state index contributed by atoms with van der Waals surface area (Å²) in [4.78, 5) is 25.1. The van der Waals surface area contributed by atoms with Gasteiger partial charge in [-0.05, 0) is 12.8 Å². The van der Waals surface area contributed by atoms with E-state index in [2.05, 4.69) is 20.3 Å². The molecule has 0 radical (unpaired) electrons. The molecule has 2 aliphatic heterocycles. The fourth-order valence-corrected chi connectivity index (χ4v) is 3.25. The summed E-state index contributed by atoms with van der Waals surface area (Å²) < 4.78 is 7.23. The van der Waals surface area contributed by atoms with E-state index in [4.69, 9.17) is 4.74 Å². The molecule has 1 N–H and O–H groups in total. The van der Waals surface area contributed by atoms with Gasteiger partial charge in [0.2, 0.25) is 5.95 Å². The van der Waals surface area contributed by atoms with Crippen LogP contribution < -0.4 is 5.32 Å². The Labute approximate surface area is 127 Å². The number of fused-ring (bicyclic) bond motifs is 2. The third kappa shape index (κ3) is 2.53. The minimum atomic E-state index is 0.0304. The van der Waals surface area contributed by atoms with Crippen molar-refractivity contribution in [3.05, 3.63) is 36.7 Å². The van der Waals surface area contributed by atoms with E-state index in [9.17, 15) is 4.79 Å². The number of aromatic nitrogens is 4. The predicted molar refractivity (Wildman–Crippen MR) is 77.7 cm³/mol. The van der Waals surface area contributed by atoms with Crippen molar-refractivity contribution in [1.29, 1.82) is 0 Å². The van der Waals surface area contributed by atoms with Gasteiger partial charge in [0.25, 0.3) is 0 Å². The van der Waals surface area contributed by atoms with E-state index < -0.39 is 0 Å². The number of imidazole rings is 1. The summed E-state index contributed by atoms with van der Waals surface area (Å²) in [5.74, 6) is 0.683. The predicted octanol–water partition coefficient (Wildman–Crippen LogP) is 0.612. The number of piperidine rings is 1. The van der Waals surface area contributed by atoms with Crippen LogP contribution in [0.25, 0.3) is 5.95 Å². The zero-order chi connectivity index (χ0) is 14.9. The fourth-order valence-electron chi connectivity index (χ4n) is 3.25. The molecule has 2 atom stereocenters. The Bertz CT molecular complexity index is 643. The van der Waals surface area contributed by atoms with Crippen LogP contribution in [0.4, 0.5) is 0 Å². The molecule has 2 aromatic heterocycles. The molecule has 4 heterocycles. The zero-order valence-electron chi connectivity index (χ0n) is 12.1. The molecule has 2 aliphatic rings. The van der Waals surface area contributed by atoms with Crippen molar-refractivity contribution in [3.63, 3.8) is 0 Å². The van der Waals surface area contributed by atoms with Crippen LogP contribution in [0.5, 0.6) is 0 Å². The SMILES string of the molecule is O=C(c1cnc(-n2ccnc2)nc1)C1CC2COCC(C1)N2. The van der Waals surface area contributed by atoms with Gasteiger partial charge in [-0.2, -0.15) is 0 Å². The zero-order valence-corrected chi connectivity index (χ0v) is 12.1. The molecule has 0 aromatic carbocycles. The van der Waals surface area contributed by atoms with Crippen molar-refractivity contribution in [2.45, 2.75) is 24.9 Å². The number of ether oxygens (including phenoxy) is 1. The van der Waals surface area contributed by atoms with E-state index in [1.807, 2.05) is 0 Å². The van der Waals surface area contributed by atoms with Crippen molar-refractivity contribution < 1.29 is 9.53 Å². The van der Waals surface area contributed by atoms with Gasteiger partial charge in [0.1, 0.15) is 6.33 Å². The van der Waals surface area contributed by atoms with E-state index in [1.165, 1.54) is 0 Å². The van der Waals surface area contributed by atoms with Gasteiger partial charge in [-0.15, -0.1) is 0 Å². The fraction of sp³-hybridized carbons (Fsp3) is 0.467. The van der Waals surface area contributed by atoms with Crippen LogP contribution in [0.2, 0.25) is 0 Å². The minimum absolute atomic E-state index is 0.0304. The summed E-state index contributed by atoms with van der Waals surface area (Å²) in [5.41, 5.74) is 0.578. The molecule has 2 saturated heterocycles. The Morgan fingerprint density at radius 3 is 2.59 bits per heavy atom. The molecule has 2 fully saturated rings. The average Bonchev–Trinajstić information content (AvgIpc) is 3.08. The molecule has 0 amide bonds. The van der Waals surface area contributed by atoms with Crippen molar-refractivity contribution in [2.75, 3.05) is 13.2 Å². The number of hydrogen-bond donors (Lipinski definition) is 1. The molecule has 7 heteroatoms. The van der Waals surface area contributed by atoms with E-state index in [1.54, 1.807) is 35.7 Å². The molecule has 0 saturated carbocycles. The van der Waals surface area contributed by atoms with Crippen LogP contribution in [0.15, 0.2) is 31.1 Å². The van der Waals surface area contributed by atoms with Crippen molar-refractivity contribution in [1.82, 2.24) is 24.8 Å². The van der Waals surface area contributed by atoms with Gasteiger partial charge in [-0.1, -0.05) is 0 Å². The first-order chi connectivity index (χ1) is 10.8. The Balaban J connectivity index is 1.50. The number of carbonyl (C=O) groups is 1. The topological polar surface area (TPSA) is 81.9 Å². The Morgan fingerprint density at radius 1 is 1.23 bits per heavy atom. The lowest BCUT2D eigenvalue weighted by molar-refractivity contribution is 0.00951. The number of hydrogen-bond acceptors (Lipinski definition) is 6. The largest absolute Gasteiger partial charge is 0.378 e. The molecule has 4 rings (SSSR count). The summed E-state index contributed by atoms with van der Waals surface area (Å²) in [7, 11) is 0. The number of carbonyl (C=O) groups excluding carboxylic acids is 1. The summed E-state index contributed by atoms with van der Waals surface area (Å²) in [6, 6.07) is 0.570. The lowest BCUT2D eigenvalue weighted by Crippen LogP contribution is -2.55. The van der Waals surface area contributed by atoms with E-state index in [0.717, 1.165) is 12.8 Å². The van der Waals surface area contributed by atoms with Crippen LogP contribution in [-0.4, -0.2) is 50.6 Å². The van der Waals surface area contributed by atoms with Crippen molar-refractivity contribution >= 4 is 5.78 Å². The first-order valence-electron chi connectivity index (χ1n) is 7.48. The Kier molecular flexibility index (Phi) is 3.44. The average molecular weight is 299 g/mol. The van der Waals surface area contributed by atoms with Gasteiger partial charge in [-0.3, -0.25) is 9.36 Å². The van der Waals surface area contributed by atoms with E-state index >= 15 is 0 Å². The molecule has 2 unspecified atom stereocenters. The molecule has 22 heavy (non-hydrogen) atoms. The molecule has 0 spiro atoms. The van der Waals surface area contributed by atoms with Gasteiger partial charge in [0.05, 0.1) is 18.8 Å². The summed E-state index contributed by atoms with van der Waals surface area (Å²) in [5, 5.41) is 3.50. The number of nitrogens with zero attached hydrogens (tertiary/aromatic N) is 4. The lowest BCUT2D eigenvalue weighted by Gasteiger charge is -2.39. The third-order valence-electron chi connectivity index (χ3n) is 4.28. The number of nitrogens with one attached hydrogen (secondary N) is 1. The number of rotatable bonds is 3. The molecule has 7 nitrogen and oxygen atoms in total. The van der Waals surface area contributed by atoms with Gasteiger partial charge >= 0.3 is 0 Å². The van der Waals surface area contributed by atoms with E-state index in [0.29, 0.717) is 24.7 Å². The molecule has 2 aromatic rings. The number of Topliss-reactive ketones (excluding diaryl/α,β-unsaturated/α-hetero) is 1. The highest BCUT2D eigenvalue weighted by Gasteiger charge is 2.35. The summed E-state index contributed by atoms with van der Waals surface area (Å²) in [6.07, 6.45) is 9.92. The Morgan fingerprint density at radius 2 is 1.95 bits per heavy atom. The van der Waals surface area contributed by atoms with E-state index in [-0.39, 0.29) is 23.8 Å². The lowest BCUT2D eigenvalue weighted by atomic mass is 9.82. The van der Waals surface area contributed by atoms with Gasteiger partial charge in [0, 0.05) is 42.8 Å². The summed E-state index contributed by atoms with van der Waals surface area (Å²) in [6.45, 7) is 1.38. The van der Waals surface area contributed by atoms with Crippen LogP contribution in [0, 0.1) is 5.92 Å². The first-order valence-corrected chi connectivity index (χ1v) is 7.48. The van der Waals surface area contributed by atoms with Crippen molar-refractivity contribution in [2.24, 2.45) is 5.92 Å². The smallest absolute Gasteiger partial charge is 0.234 e. The molecular weight excluding hydrogens is 282 g/mol. The number of ketones is 1. The maximum Gasteiger partial charge on any atom is 0.234 e. The maximum absolute atomic E-state index is 12.7. The monoisotopic (exact) mass is 299 g/mol. The van der Waals surface area contributed by atoms with Gasteiger partial charge < -0.3 is 10.1 Å².